The van der Waals surface area contributed by atoms with Gasteiger partial charge in [0.05, 0.1) is 12.0 Å². The molecule has 0 radical (unpaired) electrons. The highest BCUT2D eigenvalue weighted by Gasteiger charge is 2.51. The Morgan fingerprint density at radius 1 is 1.05 bits per heavy atom. The van der Waals surface area contributed by atoms with Gasteiger partial charge in [-0.1, -0.05) is 43.5 Å². The van der Waals surface area contributed by atoms with E-state index in [2.05, 4.69) is 0 Å². The standard InChI is InChI=1S/C17H22N2O2/c18-11-13-6-2-3-7-14(13)12-19-15(20)10-17(16(19)21)8-4-1-5-9-17/h2-3,6-7H,1,4-5,8-12,18H2. The number of carbonyl (C=O) groups is 2. The Balaban J connectivity index is 1.82. The third kappa shape index (κ3) is 2.48. The first-order valence-electron chi connectivity index (χ1n) is 7.78. The van der Waals surface area contributed by atoms with Gasteiger partial charge >= 0.3 is 0 Å². The second-order valence-corrected chi connectivity index (χ2v) is 6.28. The Morgan fingerprint density at radius 3 is 2.38 bits per heavy atom. The van der Waals surface area contributed by atoms with Crippen molar-refractivity contribution in [2.75, 3.05) is 0 Å². The summed E-state index contributed by atoms with van der Waals surface area (Å²) >= 11 is 0. The van der Waals surface area contributed by atoms with E-state index in [0.717, 1.165) is 36.8 Å². The summed E-state index contributed by atoms with van der Waals surface area (Å²) < 4.78 is 0. The van der Waals surface area contributed by atoms with Gasteiger partial charge in [-0.15, -0.1) is 0 Å². The molecule has 0 aromatic heterocycles. The molecule has 0 atom stereocenters. The van der Waals surface area contributed by atoms with Crippen LogP contribution in [-0.4, -0.2) is 16.7 Å². The Bertz CT molecular complexity index is 562. The van der Waals surface area contributed by atoms with Crippen molar-refractivity contribution >= 4 is 11.8 Å². The number of rotatable bonds is 3. The average Bonchev–Trinajstić information content (AvgIpc) is 2.73. The monoisotopic (exact) mass is 286 g/mol. The summed E-state index contributed by atoms with van der Waals surface area (Å²) in [6.07, 6.45) is 5.44. The summed E-state index contributed by atoms with van der Waals surface area (Å²) in [6.45, 7) is 0.796. The van der Waals surface area contributed by atoms with E-state index >= 15 is 0 Å². The number of carbonyl (C=O) groups excluding carboxylic acids is 2. The molecule has 0 unspecified atom stereocenters. The Kier molecular flexibility index (Phi) is 3.81. The minimum Gasteiger partial charge on any atom is -0.326 e. The number of imide groups is 1. The van der Waals surface area contributed by atoms with Crippen molar-refractivity contribution in [3.63, 3.8) is 0 Å². The lowest BCUT2D eigenvalue weighted by Crippen LogP contribution is -2.36. The normalized spacial score (nSPS) is 21.3. The fourth-order valence-corrected chi connectivity index (χ4v) is 3.72. The lowest BCUT2D eigenvalue weighted by molar-refractivity contribution is -0.142. The minimum atomic E-state index is -0.396. The van der Waals surface area contributed by atoms with Crippen LogP contribution in [0.4, 0.5) is 0 Å². The number of hydrogen-bond donors (Lipinski definition) is 1. The van der Waals surface area contributed by atoms with E-state index in [9.17, 15) is 9.59 Å². The molecule has 3 rings (SSSR count). The molecular weight excluding hydrogens is 264 g/mol. The third-order valence-corrected chi connectivity index (χ3v) is 4.97. The first kappa shape index (κ1) is 14.3. The van der Waals surface area contributed by atoms with Crippen LogP contribution in [-0.2, 0) is 22.7 Å². The van der Waals surface area contributed by atoms with Crippen LogP contribution >= 0.6 is 0 Å². The highest BCUT2D eigenvalue weighted by Crippen LogP contribution is 2.45. The highest BCUT2D eigenvalue weighted by molar-refractivity contribution is 6.05. The van der Waals surface area contributed by atoms with Crippen molar-refractivity contribution in [3.8, 4) is 0 Å². The summed E-state index contributed by atoms with van der Waals surface area (Å²) in [4.78, 5) is 26.6. The molecule has 1 aromatic carbocycles. The van der Waals surface area contributed by atoms with Crippen LogP contribution in [0, 0.1) is 5.41 Å². The molecular formula is C17H22N2O2. The summed E-state index contributed by atoms with van der Waals surface area (Å²) in [5, 5.41) is 0. The summed E-state index contributed by atoms with van der Waals surface area (Å²) in [6, 6.07) is 7.77. The van der Waals surface area contributed by atoms with Crippen molar-refractivity contribution in [3.05, 3.63) is 35.4 Å². The topological polar surface area (TPSA) is 63.4 Å². The van der Waals surface area contributed by atoms with Crippen LogP contribution in [0.5, 0.6) is 0 Å². The molecule has 4 nitrogen and oxygen atoms in total. The molecule has 112 valence electrons. The fraction of sp³-hybridized carbons (Fsp3) is 0.529. The maximum atomic E-state index is 12.8. The van der Waals surface area contributed by atoms with Crippen LogP contribution in [0.3, 0.4) is 0 Å². The average molecular weight is 286 g/mol. The van der Waals surface area contributed by atoms with Gasteiger partial charge in [-0.05, 0) is 24.0 Å². The number of likely N-dealkylation sites (tertiary alicyclic amines) is 1. The molecule has 2 fully saturated rings. The molecule has 2 N–H and O–H groups in total. The van der Waals surface area contributed by atoms with E-state index < -0.39 is 5.41 Å². The smallest absolute Gasteiger partial charge is 0.236 e. The lowest BCUT2D eigenvalue weighted by atomic mass is 9.73. The SMILES string of the molecule is NCc1ccccc1CN1C(=O)CC2(CCCCC2)C1=O. The Labute approximate surface area is 125 Å². The van der Waals surface area contributed by atoms with Crippen molar-refractivity contribution in [2.45, 2.75) is 51.6 Å². The van der Waals surface area contributed by atoms with Gasteiger partial charge in [-0.3, -0.25) is 14.5 Å². The molecule has 1 saturated heterocycles. The second-order valence-electron chi connectivity index (χ2n) is 6.28. The lowest BCUT2D eigenvalue weighted by Gasteiger charge is -2.30. The van der Waals surface area contributed by atoms with Gasteiger partial charge in [-0.25, -0.2) is 0 Å². The highest BCUT2D eigenvalue weighted by atomic mass is 16.2. The molecule has 1 saturated carbocycles. The predicted octanol–water partition coefficient (Wildman–Crippen LogP) is 2.35. The molecule has 0 bridgehead atoms. The Hall–Kier alpha value is -1.68. The molecule has 2 amide bonds. The zero-order chi connectivity index (χ0) is 14.9. The maximum Gasteiger partial charge on any atom is 0.236 e. The molecule has 4 heteroatoms. The van der Waals surface area contributed by atoms with Gasteiger partial charge in [0.2, 0.25) is 11.8 Å². The summed E-state index contributed by atoms with van der Waals surface area (Å²) in [7, 11) is 0. The van der Waals surface area contributed by atoms with Crippen LogP contribution in [0.15, 0.2) is 24.3 Å². The number of amides is 2. The second kappa shape index (κ2) is 5.60. The molecule has 2 aliphatic rings. The molecule has 1 aliphatic carbocycles. The fourth-order valence-electron chi connectivity index (χ4n) is 3.72. The quantitative estimate of drug-likeness (QED) is 0.868. The van der Waals surface area contributed by atoms with Crippen molar-refractivity contribution in [1.82, 2.24) is 4.90 Å². The van der Waals surface area contributed by atoms with Gasteiger partial charge in [0, 0.05) is 13.0 Å². The van der Waals surface area contributed by atoms with Crippen LogP contribution in [0.2, 0.25) is 0 Å². The number of benzene rings is 1. The molecule has 1 aliphatic heterocycles. The molecule has 1 aromatic rings. The van der Waals surface area contributed by atoms with Gasteiger partial charge in [0.25, 0.3) is 0 Å². The van der Waals surface area contributed by atoms with E-state index in [0.29, 0.717) is 19.5 Å². The zero-order valence-electron chi connectivity index (χ0n) is 12.3. The zero-order valence-corrected chi connectivity index (χ0v) is 12.3. The Morgan fingerprint density at radius 2 is 1.71 bits per heavy atom. The number of hydrogen-bond acceptors (Lipinski definition) is 3. The number of nitrogens with zero attached hydrogens (tertiary/aromatic N) is 1. The molecule has 1 spiro atoms. The largest absolute Gasteiger partial charge is 0.326 e. The van der Waals surface area contributed by atoms with Gasteiger partial charge in [0.1, 0.15) is 0 Å². The summed E-state index contributed by atoms with van der Waals surface area (Å²) in [5.41, 5.74) is 7.33. The van der Waals surface area contributed by atoms with E-state index in [1.807, 2.05) is 24.3 Å². The van der Waals surface area contributed by atoms with Crippen molar-refractivity contribution < 1.29 is 9.59 Å². The van der Waals surface area contributed by atoms with E-state index in [1.54, 1.807) is 0 Å². The van der Waals surface area contributed by atoms with Gasteiger partial charge in [-0.2, -0.15) is 0 Å². The van der Waals surface area contributed by atoms with Crippen molar-refractivity contribution in [2.24, 2.45) is 11.1 Å². The van der Waals surface area contributed by atoms with Gasteiger partial charge in [0.15, 0.2) is 0 Å². The first-order valence-corrected chi connectivity index (χ1v) is 7.78. The minimum absolute atomic E-state index is 0.0197. The van der Waals surface area contributed by atoms with Crippen LogP contribution < -0.4 is 5.73 Å². The first-order chi connectivity index (χ1) is 10.2. The van der Waals surface area contributed by atoms with Crippen molar-refractivity contribution in [1.29, 1.82) is 0 Å². The summed E-state index contributed by atoms with van der Waals surface area (Å²) in [5.74, 6) is 0.0211. The predicted molar refractivity (Wildman–Crippen MR) is 80.0 cm³/mol. The number of nitrogens with two attached hydrogens (primary N) is 1. The molecule has 1 heterocycles. The van der Waals surface area contributed by atoms with E-state index in [1.165, 1.54) is 11.3 Å². The van der Waals surface area contributed by atoms with E-state index in [4.69, 9.17) is 5.73 Å². The maximum absolute atomic E-state index is 12.8. The van der Waals surface area contributed by atoms with E-state index in [-0.39, 0.29) is 11.8 Å². The third-order valence-electron chi connectivity index (χ3n) is 4.97. The molecule has 21 heavy (non-hydrogen) atoms. The van der Waals surface area contributed by atoms with Crippen LogP contribution in [0.1, 0.15) is 49.7 Å². The van der Waals surface area contributed by atoms with Gasteiger partial charge < -0.3 is 5.73 Å². The van der Waals surface area contributed by atoms with Crippen LogP contribution in [0.25, 0.3) is 0 Å².